The van der Waals surface area contributed by atoms with E-state index in [0.717, 1.165) is 25.0 Å². The van der Waals surface area contributed by atoms with Crippen LogP contribution in [0.3, 0.4) is 0 Å². The fourth-order valence-electron chi connectivity index (χ4n) is 3.07. The topological polar surface area (TPSA) is 66.5 Å². The Bertz CT molecular complexity index is 946. The van der Waals surface area contributed by atoms with E-state index < -0.39 is 27.6 Å². The van der Waals surface area contributed by atoms with Crippen molar-refractivity contribution in [1.82, 2.24) is 4.31 Å². The van der Waals surface area contributed by atoms with Crippen molar-refractivity contribution in [3.05, 3.63) is 59.7 Å². The molecule has 0 bridgehead atoms. The molecule has 8 heteroatoms. The number of hydrogen-bond acceptors (Lipinski definition) is 3. The summed E-state index contributed by atoms with van der Waals surface area (Å²) in [6.07, 6.45) is 1.84. The van der Waals surface area contributed by atoms with Gasteiger partial charge in [-0.25, -0.2) is 17.2 Å². The van der Waals surface area contributed by atoms with E-state index in [1.54, 1.807) is 0 Å². The van der Waals surface area contributed by atoms with Crippen LogP contribution in [0.15, 0.2) is 47.4 Å². The summed E-state index contributed by atoms with van der Waals surface area (Å²) < 4.78 is 53.1. The Labute approximate surface area is 157 Å². The number of nitrogens with one attached hydrogen (secondary N) is 1. The van der Waals surface area contributed by atoms with Gasteiger partial charge in [0.15, 0.2) is 11.6 Å². The van der Waals surface area contributed by atoms with Gasteiger partial charge in [-0.15, -0.1) is 0 Å². The van der Waals surface area contributed by atoms with Gasteiger partial charge in [0.05, 0.1) is 4.90 Å². The lowest BCUT2D eigenvalue weighted by molar-refractivity contribution is 0.102. The summed E-state index contributed by atoms with van der Waals surface area (Å²) in [5.74, 6) is -2.30. The fraction of sp³-hybridized carbons (Fsp3) is 0.316. The van der Waals surface area contributed by atoms with Crippen LogP contribution in [0.2, 0.25) is 0 Å². The van der Waals surface area contributed by atoms with Gasteiger partial charge >= 0.3 is 0 Å². The third-order valence-electron chi connectivity index (χ3n) is 4.55. The van der Waals surface area contributed by atoms with E-state index in [1.807, 2.05) is 6.92 Å². The van der Waals surface area contributed by atoms with Crippen LogP contribution in [0, 0.1) is 17.6 Å². The highest BCUT2D eigenvalue weighted by atomic mass is 32.2. The lowest BCUT2D eigenvalue weighted by atomic mass is 10.0. The van der Waals surface area contributed by atoms with Crippen molar-refractivity contribution in [2.24, 2.45) is 5.92 Å². The summed E-state index contributed by atoms with van der Waals surface area (Å²) in [4.78, 5) is 12.4. The highest BCUT2D eigenvalue weighted by molar-refractivity contribution is 7.89. The van der Waals surface area contributed by atoms with Crippen LogP contribution in [0.1, 0.15) is 30.1 Å². The molecule has 1 aliphatic rings. The fourth-order valence-corrected chi connectivity index (χ4v) is 4.67. The molecule has 2 aromatic carbocycles. The van der Waals surface area contributed by atoms with E-state index in [9.17, 15) is 22.0 Å². The Morgan fingerprint density at radius 3 is 2.44 bits per heavy atom. The van der Waals surface area contributed by atoms with Crippen LogP contribution in [0.4, 0.5) is 14.5 Å². The van der Waals surface area contributed by atoms with Gasteiger partial charge in [0.1, 0.15) is 0 Å². The molecular formula is C19H20F2N2O3S. The zero-order valence-corrected chi connectivity index (χ0v) is 15.6. The number of rotatable bonds is 4. The lowest BCUT2D eigenvalue weighted by Gasteiger charge is -2.30. The first-order valence-electron chi connectivity index (χ1n) is 8.64. The maximum atomic E-state index is 13.2. The number of carbonyl (C=O) groups is 1. The maximum Gasteiger partial charge on any atom is 0.255 e. The Kier molecular flexibility index (Phi) is 5.57. The third-order valence-corrected chi connectivity index (χ3v) is 6.43. The van der Waals surface area contributed by atoms with E-state index in [1.165, 1.54) is 34.6 Å². The van der Waals surface area contributed by atoms with Gasteiger partial charge in [0.2, 0.25) is 10.0 Å². The number of hydrogen-bond donors (Lipinski definition) is 1. The summed E-state index contributed by atoms with van der Waals surface area (Å²) in [5.41, 5.74) is 0.323. The smallest absolute Gasteiger partial charge is 0.255 e. The summed E-state index contributed by atoms with van der Waals surface area (Å²) >= 11 is 0. The average molecular weight is 394 g/mol. The van der Waals surface area contributed by atoms with E-state index in [4.69, 9.17) is 0 Å². The molecule has 27 heavy (non-hydrogen) atoms. The number of amides is 1. The highest BCUT2D eigenvalue weighted by Gasteiger charge is 2.28. The van der Waals surface area contributed by atoms with Crippen LogP contribution in [-0.4, -0.2) is 31.7 Å². The Morgan fingerprint density at radius 1 is 1.11 bits per heavy atom. The summed E-state index contributed by atoms with van der Waals surface area (Å²) in [6.45, 7) is 3.00. The van der Waals surface area contributed by atoms with Gasteiger partial charge in [0.25, 0.3) is 5.91 Å². The predicted octanol–water partition coefficient (Wildman–Crippen LogP) is 3.64. The van der Waals surface area contributed by atoms with Crippen LogP contribution in [0.5, 0.6) is 0 Å². The molecule has 1 fully saturated rings. The van der Waals surface area contributed by atoms with Gasteiger partial charge in [-0.3, -0.25) is 4.79 Å². The summed E-state index contributed by atoms with van der Waals surface area (Å²) in [5, 5.41) is 2.45. The molecule has 0 saturated carbocycles. The number of benzene rings is 2. The van der Waals surface area contributed by atoms with Crippen molar-refractivity contribution in [2.45, 2.75) is 24.7 Å². The van der Waals surface area contributed by atoms with Crippen LogP contribution >= 0.6 is 0 Å². The number of nitrogens with zero attached hydrogens (tertiary/aromatic N) is 1. The Balaban J connectivity index is 1.74. The quantitative estimate of drug-likeness (QED) is 0.861. The zero-order chi connectivity index (χ0) is 19.6. The molecule has 1 aliphatic heterocycles. The first-order valence-corrected chi connectivity index (χ1v) is 10.1. The third kappa shape index (κ3) is 4.33. The molecule has 0 aliphatic carbocycles. The zero-order valence-electron chi connectivity index (χ0n) is 14.8. The lowest BCUT2D eigenvalue weighted by Crippen LogP contribution is -2.39. The van der Waals surface area contributed by atoms with Crippen LogP contribution in [0.25, 0.3) is 0 Å². The van der Waals surface area contributed by atoms with Gasteiger partial charge in [0, 0.05) is 30.4 Å². The monoisotopic (exact) mass is 394 g/mol. The average Bonchev–Trinajstić information content (AvgIpc) is 2.65. The molecule has 0 spiro atoms. The van der Waals surface area contributed by atoms with Crippen molar-refractivity contribution in [2.75, 3.05) is 18.4 Å². The first kappa shape index (κ1) is 19.4. The Morgan fingerprint density at radius 2 is 1.81 bits per heavy atom. The molecule has 2 aromatic rings. The van der Waals surface area contributed by atoms with Gasteiger partial charge in [-0.05, 0) is 55.2 Å². The Hall–Kier alpha value is -2.32. The molecular weight excluding hydrogens is 374 g/mol. The van der Waals surface area contributed by atoms with E-state index in [2.05, 4.69) is 5.32 Å². The normalized spacial score (nSPS) is 18.3. The maximum absolute atomic E-state index is 13.2. The minimum absolute atomic E-state index is 0.109. The van der Waals surface area contributed by atoms with Gasteiger partial charge in [-0.2, -0.15) is 4.31 Å². The predicted molar refractivity (Wildman–Crippen MR) is 97.9 cm³/mol. The number of piperidine rings is 1. The molecule has 0 radical (unpaired) electrons. The molecule has 1 unspecified atom stereocenters. The van der Waals surface area contributed by atoms with E-state index >= 15 is 0 Å². The van der Waals surface area contributed by atoms with E-state index in [-0.39, 0.29) is 16.1 Å². The molecule has 1 atom stereocenters. The number of carbonyl (C=O) groups excluding carboxylic acids is 1. The van der Waals surface area contributed by atoms with Crippen molar-refractivity contribution >= 4 is 21.6 Å². The molecule has 5 nitrogen and oxygen atoms in total. The van der Waals surface area contributed by atoms with Crippen molar-refractivity contribution in [3.63, 3.8) is 0 Å². The van der Waals surface area contributed by atoms with Crippen LogP contribution in [-0.2, 0) is 10.0 Å². The number of halogens is 2. The van der Waals surface area contributed by atoms with Crippen molar-refractivity contribution in [1.29, 1.82) is 0 Å². The molecule has 1 amide bonds. The number of anilines is 1. The molecule has 1 saturated heterocycles. The second kappa shape index (κ2) is 7.74. The molecule has 3 rings (SSSR count). The van der Waals surface area contributed by atoms with Gasteiger partial charge in [-0.1, -0.05) is 6.92 Å². The number of sulfonamides is 1. The minimum Gasteiger partial charge on any atom is -0.322 e. The van der Waals surface area contributed by atoms with Crippen molar-refractivity contribution in [3.8, 4) is 0 Å². The minimum atomic E-state index is -3.60. The van der Waals surface area contributed by atoms with Crippen molar-refractivity contribution < 1.29 is 22.0 Å². The second-order valence-electron chi connectivity index (χ2n) is 6.72. The van der Waals surface area contributed by atoms with Gasteiger partial charge < -0.3 is 5.32 Å². The van der Waals surface area contributed by atoms with Crippen LogP contribution < -0.4 is 5.32 Å². The molecule has 0 aromatic heterocycles. The molecule has 1 N–H and O–H groups in total. The largest absolute Gasteiger partial charge is 0.322 e. The summed E-state index contributed by atoms with van der Waals surface area (Å²) in [6, 6.07) is 8.60. The van der Waals surface area contributed by atoms with E-state index in [0.29, 0.717) is 19.0 Å². The first-order chi connectivity index (χ1) is 12.8. The molecule has 1 heterocycles. The molecule has 144 valence electrons. The second-order valence-corrected chi connectivity index (χ2v) is 8.66. The standard InChI is InChI=1S/C19H20F2N2O3S/c1-13-3-2-10-23(12-13)27(25,26)16-7-4-14(5-8-16)19(24)22-15-6-9-17(20)18(21)11-15/h4-9,11,13H,2-3,10,12H2,1H3,(H,22,24). The summed E-state index contributed by atoms with van der Waals surface area (Å²) in [7, 11) is -3.60. The highest BCUT2D eigenvalue weighted by Crippen LogP contribution is 2.24. The SMILES string of the molecule is CC1CCCN(S(=O)(=O)c2ccc(C(=O)Nc3ccc(F)c(F)c3)cc2)C1.